The van der Waals surface area contributed by atoms with Gasteiger partial charge in [0.1, 0.15) is 5.56 Å². The molecule has 3 aromatic rings. The zero-order valence-corrected chi connectivity index (χ0v) is 17.4. The van der Waals surface area contributed by atoms with Gasteiger partial charge in [0, 0.05) is 24.3 Å². The molecule has 2 heterocycles. The number of ether oxygens (including phenoxy) is 2. The molecule has 0 spiro atoms. The third-order valence-electron chi connectivity index (χ3n) is 4.84. The first-order valence-corrected chi connectivity index (χ1v) is 10.2. The Labute approximate surface area is 175 Å². The van der Waals surface area contributed by atoms with Crippen LogP contribution in [0, 0.1) is 0 Å². The van der Waals surface area contributed by atoms with E-state index < -0.39 is 11.5 Å². The van der Waals surface area contributed by atoms with Crippen molar-refractivity contribution in [3.05, 3.63) is 64.2 Å². The SMILES string of the molecule is CCCCCOc1c(OC)ccc2cc(C(=O)NCCc3ccncc3)c(=O)[nH]c12. The van der Waals surface area contributed by atoms with Gasteiger partial charge in [-0.1, -0.05) is 19.8 Å². The molecule has 0 bridgehead atoms. The summed E-state index contributed by atoms with van der Waals surface area (Å²) in [4.78, 5) is 31.9. The van der Waals surface area contributed by atoms with Crippen LogP contribution in [0.4, 0.5) is 0 Å². The highest BCUT2D eigenvalue weighted by atomic mass is 16.5. The molecule has 1 amide bonds. The maximum atomic E-state index is 12.6. The van der Waals surface area contributed by atoms with Crippen LogP contribution in [0.5, 0.6) is 11.5 Å². The number of rotatable bonds is 10. The van der Waals surface area contributed by atoms with Crippen molar-refractivity contribution < 1.29 is 14.3 Å². The van der Waals surface area contributed by atoms with Crippen LogP contribution >= 0.6 is 0 Å². The highest BCUT2D eigenvalue weighted by Crippen LogP contribution is 2.34. The van der Waals surface area contributed by atoms with E-state index in [2.05, 4.69) is 22.2 Å². The van der Waals surface area contributed by atoms with Crippen LogP contribution in [-0.2, 0) is 6.42 Å². The van der Waals surface area contributed by atoms with Gasteiger partial charge in [0.2, 0.25) is 0 Å². The van der Waals surface area contributed by atoms with Crippen molar-refractivity contribution >= 4 is 16.8 Å². The number of methoxy groups -OCH3 is 1. The minimum atomic E-state index is -0.462. The van der Waals surface area contributed by atoms with Gasteiger partial charge in [-0.15, -0.1) is 0 Å². The van der Waals surface area contributed by atoms with E-state index in [0.29, 0.717) is 42.0 Å². The fourth-order valence-corrected chi connectivity index (χ4v) is 3.19. The Morgan fingerprint density at radius 3 is 2.70 bits per heavy atom. The Hall–Kier alpha value is -3.35. The number of carbonyl (C=O) groups excluding carboxylic acids is 1. The minimum absolute atomic E-state index is 0.0688. The monoisotopic (exact) mass is 409 g/mol. The highest BCUT2D eigenvalue weighted by molar-refractivity contribution is 5.98. The smallest absolute Gasteiger partial charge is 0.261 e. The molecule has 1 aromatic carbocycles. The van der Waals surface area contributed by atoms with Gasteiger partial charge in [-0.3, -0.25) is 14.6 Å². The Bertz CT molecular complexity index is 1050. The number of benzene rings is 1. The van der Waals surface area contributed by atoms with E-state index in [1.807, 2.05) is 12.1 Å². The lowest BCUT2D eigenvalue weighted by Crippen LogP contribution is -2.31. The van der Waals surface area contributed by atoms with Gasteiger partial charge in [0.15, 0.2) is 11.5 Å². The summed E-state index contributed by atoms with van der Waals surface area (Å²) in [5.41, 5.74) is 1.20. The number of H-pyrrole nitrogens is 1. The van der Waals surface area contributed by atoms with E-state index in [-0.39, 0.29) is 5.56 Å². The maximum Gasteiger partial charge on any atom is 0.261 e. The van der Waals surface area contributed by atoms with E-state index in [1.165, 1.54) is 0 Å². The quantitative estimate of drug-likeness (QED) is 0.500. The summed E-state index contributed by atoms with van der Waals surface area (Å²) in [6.45, 7) is 3.08. The first-order valence-electron chi connectivity index (χ1n) is 10.2. The third-order valence-corrected chi connectivity index (χ3v) is 4.84. The molecule has 7 heteroatoms. The molecule has 0 unspecified atom stereocenters. The number of aromatic nitrogens is 2. The summed E-state index contributed by atoms with van der Waals surface area (Å²) < 4.78 is 11.3. The van der Waals surface area contributed by atoms with Crippen molar-refractivity contribution in [3.63, 3.8) is 0 Å². The molecule has 0 aliphatic carbocycles. The van der Waals surface area contributed by atoms with Crippen molar-refractivity contribution in [2.75, 3.05) is 20.3 Å². The van der Waals surface area contributed by atoms with E-state index in [0.717, 1.165) is 24.8 Å². The number of carbonyl (C=O) groups is 1. The fourth-order valence-electron chi connectivity index (χ4n) is 3.19. The summed E-state index contributed by atoms with van der Waals surface area (Å²) in [5.74, 6) is 0.630. The van der Waals surface area contributed by atoms with Gasteiger partial charge >= 0.3 is 0 Å². The summed E-state index contributed by atoms with van der Waals surface area (Å²) in [6.07, 6.45) is 7.15. The van der Waals surface area contributed by atoms with Crippen LogP contribution in [-0.4, -0.2) is 36.1 Å². The predicted octanol–water partition coefficient (Wildman–Crippen LogP) is 3.47. The molecule has 3 rings (SSSR count). The van der Waals surface area contributed by atoms with E-state index in [1.54, 1.807) is 37.7 Å². The minimum Gasteiger partial charge on any atom is -0.493 e. The molecule has 0 aliphatic rings. The van der Waals surface area contributed by atoms with Crippen molar-refractivity contribution in [2.24, 2.45) is 0 Å². The molecule has 0 saturated heterocycles. The number of hydrogen-bond donors (Lipinski definition) is 2. The lowest BCUT2D eigenvalue weighted by molar-refractivity contribution is 0.0953. The molecule has 0 aliphatic heterocycles. The third kappa shape index (κ3) is 5.17. The summed E-state index contributed by atoms with van der Waals surface area (Å²) in [5, 5.41) is 3.51. The molecule has 0 radical (unpaired) electrons. The Balaban J connectivity index is 1.78. The molecule has 7 nitrogen and oxygen atoms in total. The number of amides is 1. The van der Waals surface area contributed by atoms with Gasteiger partial charge in [-0.2, -0.15) is 0 Å². The van der Waals surface area contributed by atoms with Crippen molar-refractivity contribution in [1.29, 1.82) is 0 Å². The van der Waals surface area contributed by atoms with E-state index in [4.69, 9.17) is 9.47 Å². The second-order valence-electron chi connectivity index (χ2n) is 6.99. The molecule has 158 valence electrons. The van der Waals surface area contributed by atoms with Gasteiger partial charge in [-0.25, -0.2) is 0 Å². The number of pyridine rings is 2. The molecular weight excluding hydrogens is 382 g/mol. The number of nitrogens with one attached hydrogen (secondary N) is 2. The van der Waals surface area contributed by atoms with Crippen LogP contribution in [0.3, 0.4) is 0 Å². The van der Waals surface area contributed by atoms with Crippen LogP contribution in [0.15, 0.2) is 47.5 Å². The molecule has 2 N–H and O–H groups in total. The fraction of sp³-hybridized carbons (Fsp3) is 0.348. The standard InChI is InChI=1S/C23H27N3O4/c1-3-4-5-14-30-21-19(29-2)7-6-17-15-18(23(28)26-20(17)21)22(27)25-13-10-16-8-11-24-12-9-16/h6-9,11-12,15H,3-5,10,13-14H2,1-2H3,(H,25,27)(H,26,28). The van der Waals surface area contributed by atoms with Gasteiger partial charge in [0.05, 0.1) is 19.2 Å². The second-order valence-corrected chi connectivity index (χ2v) is 6.99. The Morgan fingerprint density at radius 2 is 1.97 bits per heavy atom. The molecule has 2 aromatic heterocycles. The molecule has 0 fully saturated rings. The molecular formula is C23H27N3O4. The summed E-state index contributed by atoms with van der Waals surface area (Å²) >= 11 is 0. The molecule has 0 atom stereocenters. The molecule has 30 heavy (non-hydrogen) atoms. The lowest BCUT2D eigenvalue weighted by atomic mass is 10.1. The van der Waals surface area contributed by atoms with E-state index >= 15 is 0 Å². The molecule has 0 saturated carbocycles. The predicted molar refractivity (Wildman–Crippen MR) is 116 cm³/mol. The maximum absolute atomic E-state index is 12.6. The van der Waals surface area contributed by atoms with Crippen molar-refractivity contribution in [3.8, 4) is 11.5 Å². The number of fused-ring (bicyclic) bond motifs is 1. The van der Waals surface area contributed by atoms with Crippen molar-refractivity contribution in [1.82, 2.24) is 15.3 Å². The van der Waals surface area contributed by atoms with Crippen LogP contribution in [0.25, 0.3) is 10.9 Å². The summed E-state index contributed by atoms with van der Waals surface area (Å²) in [7, 11) is 1.56. The van der Waals surface area contributed by atoms with Gasteiger partial charge < -0.3 is 19.8 Å². The average molecular weight is 409 g/mol. The van der Waals surface area contributed by atoms with E-state index in [9.17, 15) is 9.59 Å². The largest absolute Gasteiger partial charge is 0.493 e. The number of hydrogen-bond acceptors (Lipinski definition) is 5. The average Bonchev–Trinajstić information content (AvgIpc) is 2.77. The number of unbranched alkanes of at least 4 members (excludes halogenated alkanes) is 2. The second kappa shape index (κ2) is 10.4. The van der Waals surface area contributed by atoms with Crippen molar-refractivity contribution in [2.45, 2.75) is 32.6 Å². The lowest BCUT2D eigenvalue weighted by Gasteiger charge is -2.14. The Morgan fingerprint density at radius 1 is 1.17 bits per heavy atom. The Kier molecular flexibility index (Phi) is 7.43. The number of aromatic amines is 1. The highest BCUT2D eigenvalue weighted by Gasteiger charge is 2.16. The zero-order chi connectivity index (χ0) is 21.3. The van der Waals surface area contributed by atoms with Gasteiger partial charge in [-0.05, 0) is 48.7 Å². The number of nitrogens with zero attached hydrogens (tertiary/aromatic N) is 1. The normalized spacial score (nSPS) is 10.7. The first kappa shape index (κ1) is 21.4. The topological polar surface area (TPSA) is 93.3 Å². The van der Waals surface area contributed by atoms with Crippen LogP contribution in [0.2, 0.25) is 0 Å². The first-order chi connectivity index (χ1) is 14.6. The van der Waals surface area contributed by atoms with Crippen LogP contribution in [0.1, 0.15) is 42.1 Å². The summed E-state index contributed by atoms with van der Waals surface area (Å²) in [6, 6.07) is 8.96. The zero-order valence-electron chi connectivity index (χ0n) is 17.4. The van der Waals surface area contributed by atoms with Crippen LogP contribution < -0.4 is 20.3 Å². The van der Waals surface area contributed by atoms with Gasteiger partial charge in [0.25, 0.3) is 11.5 Å².